The van der Waals surface area contributed by atoms with Crippen LogP contribution in [0.3, 0.4) is 0 Å². The van der Waals surface area contributed by atoms with Crippen LogP contribution in [0.25, 0.3) is 22.6 Å². The predicted molar refractivity (Wildman–Crippen MR) is 137 cm³/mol. The molecule has 0 saturated carbocycles. The summed E-state index contributed by atoms with van der Waals surface area (Å²) < 4.78 is 16.2. The van der Waals surface area contributed by atoms with E-state index in [9.17, 15) is 9.18 Å². The van der Waals surface area contributed by atoms with Gasteiger partial charge in [-0.3, -0.25) is 14.7 Å². The van der Waals surface area contributed by atoms with Crippen molar-refractivity contribution < 1.29 is 9.18 Å². The molecule has 186 valence electrons. The van der Waals surface area contributed by atoms with Crippen LogP contribution in [0.2, 0.25) is 0 Å². The van der Waals surface area contributed by atoms with Gasteiger partial charge in [0, 0.05) is 56.3 Å². The van der Waals surface area contributed by atoms with E-state index >= 15 is 0 Å². The summed E-state index contributed by atoms with van der Waals surface area (Å²) in [7, 11) is 0. The summed E-state index contributed by atoms with van der Waals surface area (Å²) in [5.74, 6) is 0.887. The van der Waals surface area contributed by atoms with Crippen molar-refractivity contribution in [1.29, 1.82) is 0 Å². The molecule has 7 nitrogen and oxygen atoms in total. The number of H-pyrrole nitrogens is 1. The Kier molecular flexibility index (Phi) is 6.27. The summed E-state index contributed by atoms with van der Waals surface area (Å²) in [4.78, 5) is 30.2. The fourth-order valence-corrected chi connectivity index (χ4v) is 5.77. The predicted octanol–water partition coefficient (Wildman–Crippen LogP) is 4.64. The van der Waals surface area contributed by atoms with Gasteiger partial charge in [0.25, 0.3) is 0 Å². The molecular weight excluding hydrogens is 455 g/mol. The van der Waals surface area contributed by atoms with Gasteiger partial charge in [0.05, 0.1) is 11.0 Å². The molecule has 2 aliphatic rings. The van der Waals surface area contributed by atoms with E-state index in [-0.39, 0.29) is 17.8 Å². The molecule has 1 aromatic carbocycles. The number of fused-ring (bicyclic) bond motifs is 1. The molecule has 6 rings (SSSR count). The number of halogens is 1. The van der Waals surface area contributed by atoms with Crippen molar-refractivity contribution >= 4 is 16.9 Å². The number of nitrogens with zero attached hydrogens (tertiary/aromatic N) is 5. The molecule has 0 bridgehead atoms. The van der Waals surface area contributed by atoms with Crippen LogP contribution in [0.1, 0.15) is 37.3 Å². The molecule has 5 heterocycles. The first-order chi connectivity index (χ1) is 17.7. The van der Waals surface area contributed by atoms with Crippen LogP contribution in [0.15, 0.2) is 61.1 Å². The highest BCUT2D eigenvalue weighted by atomic mass is 19.1. The van der Waals surface area contributed by atoms with E-state index < -0.39 is 0 Å². The highest BCUT2D eigenvalue weighted by Gasteiger charge is 2.32. The lowest BCUT2D eigenvalue weighted by molar-refractivity contribution is -0.138. The largest absolute Gasteiger partial charge is 0.367 e. The average molecular weight is 487 g/mol. The summed E-state index contributed by atoms with van der Waals surface area (Å²) in [5, 5.41) is 0. The summed E-state index contributed by atoms with van der Waals surface area (Å²) in [5.41, 5.74) is 3.62. The number of benzene rings is 1. The Morgan fingerprint density at radius 2 is 1.86 bits per heavy atom. The van der Waals surface area contributed by atoms with Gasteiger partial charge in [-0.2, -0.15) is 0 Å². The van der Waals surface area contributed by atoms with Gasteiger partial charge in [0.2, 0.25) is 5.91 Å². The fourth-order valence-electron chi connectivity index (χ4n) is 5.77. The number of likely N-dealkylation sites (tertiary alicyclic amines) is 2. The maximum Gasteiger partial charge on any atom is 0.225 e. The Bertz CT molecular complexity index is 1320. The second kappa shape index (κ2) is 9.85. The minimum atomic E-state index is -0.292. The molecule has 0 radical (unpaired) electrons. The molecule has 2 aliphatic heterocycles. The smallest absolute Gasteiger partial charge is 0.225 e. The van der Waals surface area contributed by atoms with E-state index in [2.05, 4.69) is 30.4 Å². The highest BCUT2D eigenvalue weighted by Crippen LogP contribution is 2.34. The van der Waals surface area contributed by atoms with Crippen LogP contribution >= 0.6 is 0 Å². The molecule has 1 amide bonds. The molecule has 2 fully saturated rings. The third-order valence-electron chi connectivity index (χ3n) is 7.69. The Balaban J connectivity index is 1.13. The summed E-state index contributed by atoms with van der Waals surface area (Å²) in [6.07, 6.45) is 9.29. The molecular formula is C28H31FN6O. The first-order valence-electron chi connectivity index (χ1n) is 12.9. The van der Waals surface area contributed by atoms with Gasteiger partial charge in [0.1, 0.15) is 11.5 Å². The normalized spacial score (nSPS) is 18.2. The number of rotatable bonds is 5. The van der Waals surface area contributed by atoms with Crippen LogP contribution < -0.4 is 0 Å². The minimum Gasteiger partial charge on any atom is -0.367 e. The zero-order valence-electron chi connectivity index (χ0n) is 20.3. The standard InChI is InChI=1S/C28H31FN6O/c29-22-4-5-26-25(17-22)32-27(24-3-1-2-11-31-24)35(26)23-9-15-34(16-10-23)28(36)21-7-13-33(14-8-21)19-20-6-12-30-18-20/h1-6,11-12,17-18,21,23,30H,7-10,13-16,19H2. The zero-order valence-corrected chi connectivity index (χ0v) is 20.3. The lowest BCUT2D eigenvalue weighted by Gasteiger charge is -2.38. The SMILES string of the molecule is O=C(C1CCN(Cc2cc[nH]c2)CC1)N1CCC(n2c(-c3ccccn3)nc3cc(F)ccc32)CC1. The number of aromatic nitrogens is 4. The van der Waals surface area contributed by atoms with Crippen molar-refractivity contribution in [3.63, 3.8) is 0 Å². The van der Waals surface area contributed by atoms with Crippen LogP contribution in [0.4, 0.5) is 4.39 Å². The number of imidazole rings is 1. The fraction of sp³-hybridized carbons (Fsp3) is 0.393. The quantitative estimate of drug-likeness (QED) is 0.446. The number of aromatic amines is 1. The van der Waals surface area contributed by atoms with Gasteiger partial charge in [-0.1, -0.05) is 6.07 Å². The topological polar surface area (TPSA) is 70.1 Å². The Morgan fingerprint density at radius 3 is 2.58 bits per heavy atom. The molecule has 4 aromatic rings. The second-order valence-electron chi connectivity index (χ2n) is 9.98. The number of carbonyl (C=O) groups is 1. The summed E-state index contributed by atoms with van der Waals surface area (Å²) in [6, 6.07) is 12.8. The highest BCUT2D eigenvalue weighted by molar-refractivity contribution is 5.81. The van der Waals surface area contributed by atoms with E-state index in [1.165, 1.54) is 17.7 Å². The molecule has 3 aromatic heterocycles. The van der Waals surface area contributed by atoms with Crippen molar-refractivity contribution in [2.24, 2.45) is 5.92 Å². The first kappa shape index (κ1) is 22.9. The Morgan fingerprint density at radius 1 is 1.03 bits per heavy atom. The average Bonchev–Trinajstić information content (AvgIpc) is 3.57. The number of amides is 1. The molecule has 0 unspecified atom stereocenters. The molecule has 0 aliphatic carbocycles. The number of piperidine rings is 2. The van der Waals surface area contributed by atoms with Gasteiger partial charge in [-0.25, -0.2) is 9.37 Å². The van der Waals surface area contributed by atoms with Gasteiger partial charge in [-0.05, 0) is 74.7 Å². The lowest BCUT2D eigenvalue weighted by Crippen LogP contribution is -2.45. The lowest BCUT2D eigenvalue weighted by atomic mass is 9.93. The number of hydrogen-bond acceptors (Lipinski definition) is 4. The first-order valence-corrected chi connectivity index (χ1v) is 12.9. The third kappa shape index (κ3) is 4.53. The molecule has 2 saturated heterocycles. The molecule has 36 heavy (non-hydrogen) atoms. The molecule has 0 atom stereocenters. The molecule has 0 spiro atoms. The maximum atomic E-state index is 13.9. The van der Waals surface area contributed by atoms with E-state index in [1.807, 2.05) is 36.7 Å². The Labute approximate surface area is 210 Å². The summed E-state index contributed by atoms with van der Waals surface area (Å²) >= 11 is 0. The van der Waals surface area contributed by atoms with Crippen LogP contribution in [0.5, 0.6) is 0 Å². The van der Waals surface area contributed by atoms with Crippen molar-refractivity contribution in [2.45, 2.75) is 38.3 Å². The Hall–Kier alpha value is -3.52. The van der Waals surface area contributed by atoms with E-state index in [0.29, 0.717) is 11.4 Å². The molecule has 8 heteroatoms. The maximum absolute atomic E-state index is 13.9. The summed E-state index contributed by atoms with van der Waals surface area (Å²) in [6.45, 7) is 4.33. The number of pyridine rings is 1. The van der Waals surface area contributed by atoms with E-state index in [1.54, 1.807) is 6.20 Å². The van der Waals surface area contributed by atoms with Gasteiger partial charge in [0.15, 0.2) is 5.82 Å². The van der Waals surface area contributed by atoms with Crippen molar-refractivity contribution in [3.05, 3.63) is 72.4 Å². The zero-order chi connectivity index (χ0) is 24.5. The van der Waals surface area contributed by atoms with Gasteiger partial charge >= 0.3 is 0 Å². The van der Waals surface area contributed by atoms with Crippen molar-refractivity contribution in [3.8, 4) is 11.5 Å². The molecule has 1 N–H and O–H groups in total. The van der Waals surface area contributed by atoms with Gasteiger partial charge in [-0.15, -0.1) is 0 Å². The number of carbonyl (C=O) groups excluding carboxylic acids is 1. The number of nitrogens with one attached hydrogen (secondary N) is 1. The van der Waals surface area contributed by atoms with Crippen LogP contribution in [-0.2, 0) is 11.3 Å². The van der Waals surface area contributed by atoms with Crippen LogP contribution in [-0.4, -0.2) is 61.4 Å². The number of hydrogen-bond donors (Lipinski definition) is 1. The van der Waals surface area contributed by atoms with E-state index in [4.69, 9.17) is 4.98 Å². The monoisotopic (exact) mass is 486 g/mol. The second-order valence-corrected chi connectivity index (χ2v) is 9.98. The van der Waals surface area contributed by atoms with Gasteiger partial charge < -0.3 is 14.5 Å². The van der Waals surface area contributed by atoms with Crippen molar-refractivity contribution in [2.75, 3.05) is 26.2 Å². The van der Waals surface area contributed by atoms with Crippen LogP contribution in [0, 0.1) is 11.7 Å². The third-order valence-corrected chi connectivity index (χ3v) is 7.69. The van der Waals surface area contributed by atoms with Crippen molar-refractivity contribution in [1.82, 2.24) is 29.3 Å². The minimum absolute atomic E-state index is 0.116. The van der Waals surface area contributed by atoms with E-state index in [0.717, 1.165) is 75.4 Å².